The van der Waals surface area contributed by atoms with Gasteiger partial charge in [0, 0.05) is 31.4 Å². The van der Waals surface area contributed by atoms with Crippen LogP contribution in [0.4, 0.5) is 11.4 Å². The summed E-state index contributed by atoms with van der Waals surface area (Å²) in [6.45, 7) is 1.12. The highest BCUT2D eigenvalue weighted by molar-refractivity contribution is 7.92. The lowest BCUT2D eigenvalue weighted by atomic mass is 10.1. The third-order valence-corrected chi connectivity index (χ3v) is 6.92. The molecule has 0 radical (unpaired) electrons. The fraction of sp³-hybridized carbons (Fsp3) is 0.278. The first-order chi connectivity index (χ1) is 14.4. The van der Waals surface area contributed by atoms with Crippen molar-refractivity contribution in [2.24, 2.45) is 0 Å². The van der Waals surface area contributed by atoms with Crippen LogP contribution in [0.3, 0.4) is 0 Å². The molecule has 12 heteroatoms. The lowest BCUT2D eigenvalue weighted by molar-refractivity contribution is -0.384. The van der Waals surface area contributed by atoms with Crippen LogP contribution in [-0.2, 0) is 10.0 Å². The fourth-order valence-corrected chi connectivity index (χ4v) is 5.28. The Balaban J connectivity index is 1.76. The molecule has 0 bridgehead atoms. The lowest BCUT2D eigenvalue weighted by Crippen LogP contribution is -2.36. The van der Waals surface area contributed by atoms with Crippen LogP contribution in [0.25, 0.3) is 10.1 Å². The highest BCUT2D eigenvalue weighted by Crippen LogP contribution is 2.29. The summed E-state index contributed by atoms with van der Waals surface area (Å²) in [4.78, 5) is 29.2. The van der Waals surface area contributed by atoms with Gasteiger partial charge in [-0.2, -0.15) is 12.8 Å². The molecule has 156 valence electrons. The molecule has 1 saturated heterocycles. The minimum absolute atomic E-state index is 0.0571. The molecular weight excluding hydrogens is 430 g/mol. The lowest BCUT2D eigenvalue weighted by Gasteiger charge is -2.27. The standard InChI is InChI=1S/C18H17N5O5S2/c24-18(22-8-2-1-3-9-22)13-5-4-12(23(25)26)10-15(13)21-30(27,28)17-14-11-20-29-16(14)6-7-19-17/h4-7,10-11,21H,1-3,8-9H2. The summed E-state index contributed by atoms with van der Waals surface area (Å²) in [6, 6.07) is 5.18. The Hall–Kier alpha value is -3.12. The van der Waals surface area contributed by atoms with Gasteiger partial charge in [-0.05, 0) is 42.9 Å². The SMILES string of the molecule is O=C(c1ccc([N+](=O)[O-])cc1NS(=O)(=O)c1nccc2sncc12)N1CCCCC1. The molecule has 1 aromatic carbocycles. The summed E-state index contributed by atoms with van der Waals surface area (Å²) >= 11 is 1.12. The molecule has 1 N–H and O–H groups in total. The Morgan fingerprint density at radius 1 is 1.20 bits per heavy atom. The van der Waals surface area contributed by atoms with Gasteiger partial charge in [0.1, 0.15) is 0 Å². The normalized spacial score (nSPS) is 14.6. The van der Waals surface area contributed by atoms with Crippen molar-refractivity contribution in [2.45, 2.75) is 24.3 Å². The minimum atomic E-state index is -4.23. The van der Waals surface area contributed by atoms with E-state index >= 15 is 0 Å². The minimum Gasteiger partial charge on any atom is -0.339 e. The first-order valence-electron chi connectivity index (χ1n) is 9.17. The second kappa shape index (κ2) is 7.95. The number of amides is 1. The zero-order valence-corrected chi connectivity index (χ0v) is 17.3. The number of benzene rings is 1. The van der Waals surface area contributed by atoms with Crippen LogP contribution in [0.2, 0.25) is 0 Å². The molecule has 0 spiro atoms. The molecule has 0 atom stereocenters. The molecule has 0 unspecified atom stereocenters. The van der Waals surface area contributed by atoms with E-state index in [1.54, 1.807) is 11.0 Å². The number of fused-ring (bicyclic) bond motifs is 1. The molecule has 2 aromatic heterocycles. The Morgan fingerprint density at radius 3 is 2.70 bits per heavy atom. The van der Waals surface area contributed by atoms with Crippen LogP contribution in [0.5, 0.6) is 0 Å². The van der Waals surface area contributed by atoms with E-state index in [9.17, 15) is 23.3 Å². The van der Waals surface area contributed by atoms with Crippen LogP contribution in [-0.4, -0.2) is 46.6 Å². The first-order valence-corrected chi connectivity index (χ1v) is 11.4. The zero-order chi connectivity index (χ0) is 21.3. The third kappa shape index (κ3) is 3.83. The summed E-state index contributed by atoms with van der Waals surface area (Å²) in [5.41, 5.74) is -0.422. The van der Waals surface area contributed by atoms with Crippen molar-refractivity contribution in [1.82, 2.24) is 14.3 Å². The monoisotopic (exact) mass is 447 g/mol. The highest BCUT2D eigenvalue weighted by Gasteiger charge is 2.27. The molecule has 10 nitrogen and oxygen atoms in total. The van der Waals surface area contributed by atoms with Gasteiger partial charge in [-0.25, -0.2) is 4.98 Å². The molecule has 1 fully saturated rings. The summed E-state index contributed by atoms with van der Waals surface area (Å²) in [5, 5.41) is 11.3. The van der Waals surface area contributed by atoms with E-state index in [-0.39, 0.29) is 27.9 Å². The number of nitro groups is 1. The van der Waals surface area contributed by atoms with Crippen molar-refractivity contribution >= 4 is 48.9 Å². The van der Waals surface area contributed by atoms with Crippen molar-refractivity contribution in [3.63, 3.8) is 0 Å². The van der Waals surface area contributed by atoms with Gasteiger partial charge in [0.05, 0.1) is 32.5 Å². The number of nitrogens with zero attached hydrogens (tertiary/aromatic N) is 4. The molecule has 4 rings (SSSR count). The first kappa shape index (κ1) is 20.2. The van der Waals surface area contributed by atoms with E-state index in [1.807, 2.05) is 0 Å². The maximum atomic E-state index is 13.1. The number of nitrogens with one attached hydrogen (secondary N) is 1. The molecule has 0 aliphatic carbocycles. The number of nitro benzene ring substituents is 1. The van der Waals surface area contributed by atoms with Gasteiger partial charge in [-0.1, -0.05) is 0 Å². The topological polar surface area (TPSA) is 135 Å². The van der Waals surface area contributed by atoms with Gasteiger partial charge in [0.2, 0.25) is 0 Å². The predicted octanol–water partition coefficient (Wildman–Crippen LogP) is 3.03. The number of hydrogen-bond acceptors (Lipinski definition) is 8. The number of piperidine rings is 1. The zero-order valence-electron chi connectivity index (χ0n) is 15.6. The molecular formula is C18H17N5O5S2. The van der Waals surface area contributed by atoms with Crippen molar-refractivity contribution < 1.29 is 18.1 Å². The average molecular weight is 447 g/mol. The Labute approximate surface area is 175 Å². The van der Waals surface area contributed by atoms with E-state index in [0.717, 1.165) is 36.9 Å². The third-order valence-electron chi connectivity index (χ3n) is 4.83. The number of carbonyl (C=O) groups is 1. The number of pyridine rings is 1. The quantitative estimate of drug-likeness (QED) is 0.469. The van der Waals surface area contributed by atoms with E-state index in [4.69, 9.17) is 0 Å². The second-order valence-corrected chi connectivity index (χ2v) is 9.23. The highest BCUT2D eigenvalue weighted by atomic mass is 32.2. The number of sulfonamides is 1. The van der Waals surface area contributed by atoms with Crippen LogP contribution in [0.15, 0.2) is 41.7 Å². The van der Waals surface area contributed by atoms with Crippen molar-refractivity contribution in [1.29, 1.82) is 0 Å². The van der Waals surface area contributed by atoms with Crippen molar-refractivity contribution in [3.8, 4) is 0 Å². The van der Waals surface area contributed by atoms with Gasteiger partial charge in [0.15, 0.2) is 5.03 Å². The van der Waals surface area contributed by atoms with Crippen LogP contribution >= 0.6 is 11.5 Å². The summed E-state index contributed by atoms with van der Waals surface area (Å²) in [7, 11) is -4.23. The molecule has 30 heavy (non-hydrogen) atoms. The molecule has 1 aliphatic rings. The van der Waals surface area contributed by atoms with E-state index < -0.39 is 14.9 Å². The predicted molar refractivity (Wildman–Crippen MR) is 111 cm³/mol. The van der Waals surface area contributed by atoms with Crippen molar-refractivity contribution in [2.75, 3.05) is 17.8 Å². The second-order valence-electron chi connectivity index (χ2n) is 6.80. The molecule has 1 amide bonds. The average Bonchev–Trinajstić information content (AvgIpc) is 3.22. The summed E-state index contributed by atoms with van der Waals surface area (Å²) in [6.07, 6.45) is 5.48. The van der Waals surface area contributed by atoms with E-state index in [2.05, 4.69) is 14.1 Å². The Morgan fingerprint density at radius 2 is 1.97 bits per heavy atom. The largest absolute Gasteiger partial charge is 0.339 e. The van der Waals surface area contributed by atoms with Crippen molar-refractivity contribution in [3.05, 3.63) is 52.3 Å². The molecule has 0 saturated carbocycles. The molecule has 3 heterocycles. The summed E-state index contributed by atoms with van der Waals surface area (Å²) < 4.78 is 33.1. The fourth-order valence-electron chi connectivity index (χ4n) is 3.36. The van der Waals surface area contributed by atoms with E-state index in [1.165, 1.54) is 24.5 Å². The smallest absolute Gasteiger partial charge is 0.280 e. The Kier molecular flexibility index (Phi) is 5.35. The van der Waals surface area contributed by atoms with Crippen LogP contribution in [0.1, 0.15) is 29.6 Å². The number of rotatable bonds is 5. The number of aromatic nitrogens is 2. The van der Waals surface area contributed by atoms with E-state index in [0.29, 0.717) is 23.2 Å². The number of carbonyl (C=O) groups excluding carboxylic acids is 1. The molecule has 1 aliphatic heterocycles. The van der Waals surface area contributed by atoms with Gasteiger partial charge in [0.25, 0.3) is 21.6 Å². The number of likely N-dealkylation sites (tertiary alicyclic amines) is 1. The molecule has 3 aromatic rings. The van der Waals surface area contributed by atoms with Crippen LogP contribution < -0.4 is 4.72 Å². The summed E-state index contributed by atoms with van der Waals surface area (Å²) in [5.74, 6) is -0.370. The van der Waals surface area contributed by atoms with Gasteiger partial charge in [-0.3, -0.25) is 19.6 Å². The number of hydrogen-bond donors (Lipinski definition) is 1. The van der Waals surface area contributed by atoms with Crippen LogP contribution in [0, 0.1) is 10.1 Å². The number of anilines is 1. The van der Waals surface area contributed by atoms with Gasteiger partial charge < -0.3 is 4.90 Å². The Bertz CT molecular complexity index is 1230. The van der Waals surface area contributed by atoms with Gasteiger partial charge >= 0.3 is 0 Å². The maximum Gasteiger partial charge on any atom is 0.280 e. The maximum absolute atomic E-state index is 13.1. The number of non-ortho nitro benzene ring substituents is 1. The van der Waals surface area contributed by atoms with Gasteiger partial charge in [-0.15, -0.1) is 0 Å².